The molecule has 0 aliphatic carbocycles. The molecule has 2 N–H and O–H groups in total. The van der Waals surface area contributed by atoms with E-state index >= 15 is 0 Å². The maximum absolute atomic E-state index is 10.2. The zero-order chi connectivity index (χ0) is 6.69. The summed E-state index contributed by atoms with van der Waals surface area (Å²) in [7, 11) is 0. The summed E-state index contributed by atoms with van der Waals surface area (Å²) in [6.07, 6.45) is 1.49. The van der Waals surface area contributed by atoms with Gasteiger partial charge in [0.2, 0.25) is 5.69 Å². The molecule has 3 nitrogen and oxygen atoms in total. The molecule has 0 saturated carbocycles. The van der Waals surface area contributed by atoms with Crippen molar-refractivity contribution in [2.75, 3.05) is 0 Å². The lowest BCUT2D eigenvalue weighted by Crippen LogP contribution is -1.97. The zero-order valence-corrected chi connectivity index (χ0v) is 4.66. The highest BCUT2D eigenvalue weighted by Crippen LogP contribution is 1.90. The Kier molecular flexibility index (Phi) is 1.44. The van der Waals surface area contributed by atoms with Crippen LogP contribution in [0.1, 0.15) is 10.5 Å². The van der Waals surface area contributed by atoms with Gasteiger partial charge in [-0.1, -0.05) is 6.07 Å². The fourth-order valence-electron chi connectivity index (χ4n) is 0.497. The van der Waals surface area contributed by atoms with Gasteiger partial charge in [0.05, 0.1) is 0 Å². The molecular weight excluding hydrogens is 118 g/mol. The number of hydrogen-bond donors (Lipinski definition) is 0. The molecular formula is C6H6NO2+. The van der Waals surface area contributed by atoms with Crippen LogP contribution < -0.4 is 0 Å². The third-order valence-electron chi connectivity index (χ3n) is 0.898. The van der Waals surface area contributed by atoms with E-state index in [1.165, 1.54) is 12.3 Å². The smallest absolute Gasteiger partial charge is 0.560 e. The summed E-state index contributed by atoms with van der Waals surface area (Å²) in [4.78, 5) is 13.9. The minimum Gasteiger partial charge on any atom is -0.560 e. The SMILES string of the molecule is O=C([OH2+])c1ccccn1. The van der Waals surface area contributed by atoms with Crippen molar-refractivity contribution in [2.45, 2.75) is 0 Å². The molecule has 0 amide bonds. The number of hydrogen-bond acceptors (Lipinski definition) is 2. The monoisotopic (exact) mass is 124 g/mol. The second-order valence-electron chi connectivity index (χ2n) is 1.54. The summed E-state index contributed by atoms with van der Waals surface area (Å²) in [5.41, 5.74) is 0.192. The second kappa shape index (κ2) is 2.26. The lowest BCUT2D eigenvalue weighted by Gasteiger charge is -1.82. The van der Waals surface area contributed by atoms with Gasteiger partial charge >= 0.3 is 5.97 Å². The average molecular weight is 124 g/mol. The molecule has 0 aliphatic rings. The molecule has 3 heteroatoms. The van der Waals surface area contributed by atoms with Crippen LogP contribution in [0.2, 0.25) is 0 Å². The van der Waals surface area contributed by atoms with Gasteiger partial charge in [0.25, 0.3) is 0 Å². The first kappa shape index (κ1) is 5.75. The maximum Gasteiger partial charge on any atom is 0.567 e. The van der Waals surface area contributed by atoms with E-state index in [-0.39, 0.29) is 5.69 Å². The molecule has 0 saturated heterocycles. The fourth-order valence-corrected chi connectivity index (χ4v) is 0.497. The Bertz CT molecular complexity index is 208. The Labute approximate surface area is 52.0 Å². The second-order valence-corrected chi connectivity index (χ2v) is 1.54. The Morgan fingerprint density at radius 2 is 2.33 bits per heavy atom. The molecule has 1 rings (SSSR count). The predicted octanol–water partition coefficient (Wildman–Crippen LogP) is -0.0536. The van der Waals surface area contributed by atoms with Crippen molar-refractivity contribution >= 4 is 5.97 Å². The quantitative estimate of drug-likeness (QED) is 0.493. The van der Waals surface area contributed by atoms with Crippen molar-refractivity contribution in [3.05, 3.63) is 30.1 Å². The number of carbonyl (C=O) groups is 1. The molecule has 0 unspecified atom stereocenters. The van der Waals surface area contributed by atoms with Crippen LogP contribution in [0.15, 0.2) is 24.4 Å². The third kappa shape index (κ3) is 1.25. The summed E-state index contributed by atoms with van der Waals surface area (Å²) >= 11 is 0. The molecule has 0 radical (unpaired) electrons. The highest BCUT2D eigenvalue weighted by molar-refractivity contribution is 5.85. The van der Waals surface area contributed by atoms with Crippen LogP contribution in [0, 0.1) is 0 Å². The van der Waals surface area contributed by atoms with Gasteiger partial charge in [-0.3, -0.25) is 0 Å². The summed E-state index contributed by atoms with van der Waals surface area (Å²) in [5.74, 6) is -0.740. The first-order valence-corrected chi connectivity index (χ1v) is 2.47. The maximum atomic E-state index is 10.2. The van der Waals surface area contributed by atoms with Crippen molar-refractivity contribution in [3.8, 4) is 0 Å². The van der Waals surface area contributed by atoms with E-state index in [9.17, 15) is 4.79 Å². The summed E-state index contributed by atoms with van der Waals surface area (Å²) in [6, 6.07) is 4.89. The number of rotatable bonds is 1. The molecule has 0 fully saturated rings. The van der Waals surface area contributed by atoms with Crippen LogP contribution in [0.5, 0.6) is 0 Å². The summed E-state index contributed by atoms with van der Waals surface area (Å²) < 4.78 is 0. The molecule has 1 aromatic rings. The summed E-state index contributed by atoms with van der Waals surface area (Å²) in [6.45, 7) is 0. The van der Waals surface area contributed by atoms with Gasteiger partial charge in [-0.25, -0.2) is 4.98 Å². The Morgan fingerprint density at radius 1 is 1.56 bits per heavy atom. The standard InChI is InChI=1S/C6H5NO2/c8-6(9)5-3-1-2-4-7-5/h1-4H,(H,8,9)/p+1. The highest BCUT2D eigenvalue weighted by Gasteiger charge is 2.09. The Morgan fingerprint density at radius 3 is 2.67 bits per heavy atom. The van der Waals surface area contributed by atoms with E-state index in [0.29, 0.717) is 0 Å². The molecule has 1 aromatic heterocycles. The molecule has 9 heavy (non-hydrogen) atoms. The molecule has 46 valence electrons. The van der Waals surface area contributed by atoms with E-state index in [1.807, 2.05) is 0 Å². The van der Waals surface area contributed by atoms with Crippen LogP contribution in [0.4, 0.5) is 0 Å². The first-order valence-electron chi connectivity index (χ1n) is 2.47. The Hall–Kier alpha value is -1.38. The minimum atomic E-state index is -0.740. The van der Waals surface area contributed by atoms with Crippen molar-refractivity contribution in [1.82, 2.24) is 4.98 Å². The van der Waals surface area contributed by atoms with Gasteiger partial charge in [0.15, 0.2) is 0 Å². The molecule has 1 heterocycles. The van der Waals surface area contributed by atoms with Gasteiger partial charge in [0, 0.05) is 11.0 Å². The van der Waals surface area contributed by atoms with Crippen molar-refractivity contribution in [3.63, 3.8) is 0 Å². The van der Waals surface area contributed by atoms with Crippen LogP contribution in [-0.4, -0.2) is 16.1 Å². The van der Waals surface area contributed by atoms with Crippen molar-refractivity contribution in [1.29, 1.82) is 0 Å². The van der Waals surface area contributed by atoms with Crippen LogP contribution in [0.25, 0.3) is 0 Å². The lowest BCUT2D eigenvalue weighted by molar-refractivity contribution is 0.0690. The van der Waals surface area contributed by atoms with Gasteiger partial charge < -0.3 is 5.11 Å². The largest absolute Gasteiger partial charge is 0.567 e. The summed E-state index contributed by atoms with van der Waals surface area (Å²) in [5, 5.41) is 6.62. The van der Waals surface area contributed by atoms with E-state index in [2.05, 4.69) is 4.98 Å². The topological polar surface area (TPSA) is 52.9 Å². The predicted molar refractivity (Wildman–Crippen MR) is 32.2 cm³/mol. The third-order valence-corrected chi connectivity index (χ3v) is 0.898. The highest BCUT2D eigenvalue weighted by atomic mass is 16.4. The number of aromatic nitrogens is 1. The van der Waals surface area contributed by atoms with Gasteiger partial charge in [0.1, 0.15) is 0 Å². The molecule has 0 spiro atoms. The van der Waals surface area contributed by atoms with Crippen molar-refractivity contribution in [2.24, 2.45) is 0 Å². The van der Waals surface area contributed by atoms with Crippen molar-refractivity contribution < 1.29 is 9.90 Å². The molecule has 0 bridgehead atoms. The number of carbonyl (C=O) groups excluding carboxylic acids is 1. The minimum absolute atomic E-state index is 0.192. The van der Waals surface area contributed by atoms with Gasteiger partial charge in [-0.05, 0) is 12.1 Å². The normalized spacial score (nSPS) is 8.89. The van der Waals surface area contributed by atoms with E-state index in [4.69, 9.17) is 5.11 Å². The number of nitrogens with zero attached hydrogens (tertiary/aromatic N) is 1. The van der Waals surface area contributed by atoms with E-state index in [1.54, 1.807) is 12.1 Å². The number of pyridine rings is 1. The first-order chi connectivity index (χ1) is 4.30. The van der Waals surface area contributed by atoms with Crippen LogP contribution in [-0.2, 0) is 0 Å². The molecule has 0 aromatic carbocycles. The average Bonchev–Trinajstić information content (AvgIpc) is 1.90. The van der Waals surface area contributed by atoms with Crippen LogP contribution in [0.3, 0.4) is 0 Å². The molecule has 0 atom stereocenters. The lowest BCUT2D eigenvalue weighted by atomic mass is 10.4. The fraction of sp³-hybridized carbons (Fsp3) is 0. The zero-order valence-electron chi connectivity index (χ0n) is 4.66. The Balaban J connectivity index is 2.98. The molecule has 0 aliphatic heterocycles. The van der Waals surface area contributed by atoms with Crippen LogP contribution >= 0.6 is 0 Å². The van der Waals surface area contributed by atoms with Gasteiger partial charge in [-0.15, -0.1) is 0 Å². The van der Waals surface area contributed by atoms with E-state index in [0.717, 1.165) is 0 Å². The van der Waals surface area contributed by atoms with E-state index < -0.39 is 5.97 Å². The van der Waals surface area contributed by atoms with Gasteiger partial charge in [-0.2, -0.15) is 0 Å².